The number of rotatable bonds is 8. The molecule has 2 amide bonds. The van der Waals surface area contributed by atoms with Gasteiger partial charge in [0.1, 0.15) is 11.9 Å². The number of amides is 2. The van der Waals surface area contributed by atoms with E-state index in [1.54, 1.807) is 30.3 Å². The van der Waals surface area contributed by atoms with Gasteiger partial charge in [-0.1, -0.05) is 41.1 Å². The molecule has 0 aliphatic carbocycles. The number of allylic oxidation sites excluding steroid dienone is 1. The Morgan fingerprint density at radius 1 is 1.14 bits per heavy atom. The summed E-state index contributed by atoms with van der Waals surface area (Å²) in [6, 6.07) is 13.6. The highest BCUT2D eigenvalue weighted by Gasteiger charge is 2.23. The Bertz CT molecular complexity index is 837. The molecular weight excluding hydrogens is 440 g/mol. The summed E-state index contributed by atoms with van der Waals surface area (Å²) in [5.41, 5.74) is 2.88. The van der Waals surface area contributed by atoms with Gasteiger partial charge in [0.25, 0.3) is 5.91 Å². The summed E-state index contributed by atoms with van der Waals surface area (Å²) in [6.07, 6.45) is 2.92. The summed E-state index contributed by atoms with van der Waals surface area (Å²) in [5.74, 6) is -0.549. The predicted molar refractivity (Wildman–Crippen MR) is 113 cm³/mol. The van der Waals surface area contributed by atoms with Gasteiger partial charge >= 0.3 is 6.09 Å². The van der Waals surface area contributed by atoms with Crippen molar-refractivity contribution in [2.24, 2.45) is 5.92 Å². The van der Waals surface area contributed by atoms with Crippen LogP contribution in [0.3, 0.4) is 0 Å². The van der Waals surface area contributed by atoms with Crippen LogP contribution in [0.2, 0.25) is 0 Å². The van der Waals surface area contributed by atoms with E-state index in [9.17, 15) is 14.7 Å². The molecule has 0 spiro atoms. The van der Waals surface area contributed by atoms with Crippen LogP contribution in [0.1, 0.15) is 31.4 Å². The van der Waals surface area contributed by atoms with Crippen LogP contribution in [0.25, 0.3) is 0 Å². The molecule has 0 bridgehead atoms. The number of hydrogen-bond acceptors (Lipinski definition) is 5. The number of aromatic hydroxyl groups is 1. The number of anilines is 1. The number of nitrogens with one attached hydrogen (secondary N) is 2. The molecule has 29 heavy (non-hydrogen) atoms. The van der Waals surface area contributed by atoms with Gasteiger partial charge in [-0.3, -0.25) is 15.3 Å². The van der Waals surface area contributed by atoms with Crippen LogP contribution in [0.15, 0.2) is 65.2 Å². The number of hydroxylamine groups is 1. The van der Waals surface area contributed by atoms with Crippen molar-refractivity contribution in [1.82, 2.24) is 5.48 Å². The van der Waals surface area contributed by atoms with Crippen LogP contribution in [0.4, 0.5) is 10.5 Å². The van der Waals surface area contributed by atoms with Gasteiger partial charge in [0, 0.05) is 16.2 Å². The maximum absolute atomic E-state index is 12.4. The Hall–Kier alpha value is -2.84. The number of benzene rings is 2. The first kappa shape index (κ1) is 22.4. The molecule has 0 aliphatic rings. The minimum atomic E-state index is -0.599. The minimum Gasteiger partial charge on any atom is -0.508 e. The summed E-state index contributed by atoms with van der Waals surface area (Å²) in [5, 5.41) is 20.7. The first-order valence-corrected chi connectivity index (χ1v) is 9.81. The maximum atomic E-state index is 12.4. The predicted octanol–water partition coefficient (Wildman–Crippen LogP) is 4.92. The summed E-state index contributed by atoms with van der Waals surface area (Å²) < 4.78 is 6.58. The largest absolute Gasteiger partial charge is 0.508 e. The average molecular weight is 463 g/mol. The lowest BCUT2D eigenvalue weighted by Crippen LogP contribution is -2.22. The van der Waals surface area contributed by atoms with Gasteiger partial charge in [0.05, 0.1) is 0 Å². The normalized spacial score (nSPS) is 12.9. The van der Waals surface area contributed by atoms with Gasteiger partial charge in [-0.2, -0.15) is 0 Å². The zero-order valence-electron chi connectivity index (χ0n) is 15.8. The molecule has 0 saturated carbocycles. The Labute approximate surface area is 177 Å². The van der Waals surface area contributed by atoms with Crippen LogP contribution in [-0.4, -0.2) is 22.3 Å². The summed E-state index contributed by atoms with van der Waals surface area (Å²) >= 11 is 3.34. The van der Waals surface area contributed by atoms with Gasteiger partial charge < -0.3 is 9.84 Å². The average Bonchev–Trinajstić information content (AvgIpc) is 2.71. The number of ether oxygens (including phenoxy) is 1. The van der Waals surface area contributed by atoms with E-state index < -0.39 is 18.1 Å². The standard InChI is InChI=1S/C21H23BrN2O5/c1-14(4-2-3-5-19(26)24-28)20(15-6-12-18(25)13-7-15)29-21(27)23-17-10-8-16(22)9-11-17/h3,5-14,20,25,28H,2,4H2,1H3,(H,23,27)(H,24,26)/b5-3+/t14-,20-/m0/s1. The van der Waals surface area contributed by atoms with Crippen LogP contribution in [-0.2, 0) is 9.53 Å². The second kappa shape index (κ2) is 11.2. The number of halogens is 1. The van der Waals surface area contributed by atoms with E-state index in [4.69, 9.17) is 9.94 Å². The molecular formula is C21H23BrN2O5. The zero-order valence-corrected chi connectivity index (χ0v) is 17.4. The maximum Gasteiger partial charge on any atom is 0.412 e. The molecule has 0 heterocycles. The molecule has 4 N–H and O–H groups in total. The second-order valence-corrected chi connectivity index (χ2v) is 7.40. The lowest BCUT2D eigenvalue weighted by molar-refractivity contribution is -0.124. The molecule has 0 aliphatic heterocycles. The smallest absolute Gasteiger partial charge is 0.412 e. The summed E-state index contributed by atoms with van der Waals surface area (Å²) in [7, 11) is 0. The van der Waals surface area contributed by atoms with Crippen molar-refractivity contribution >= 4 is 33.6 Å². The highest BCUT2D eigenvalue weighted by atomic mass is 79.9. The fraction of sp³-hybridized carbons (Fsp3) is 0.238. The van der Waals surface area contributed by atoms with Crippen LogP contribution < -0.4 is 10.8 Å². The van der Waals surface area contributed by atoms with E-state index in [0.717, 1.165) is 10.0 Å². The van der Waals surface area contributed by atoms with E-state index >= 15 is 0 Å². The Kier molecular flexibility index (Phi) is 8.69. The number of phenols is 1. The fourth-order valence-corrected chi connectivity index (χ4v) is 2.98. The van der Waals surface area contributed by atoms with Crippen molar-refractivity contribution in [3.8, 4) is 5.75 Å². The third kappa shape index (κ3) is 7.59. The molecule has 0 aromatic heterocycles. The van der Waals surface area contributed by atoms with Crippen LogP contribution in [0, 0.1) is 5.92 Å². The van der Waals surface area contributed by atoms with E-state index in [2.05, 4.69) is 21.2 Å². The van der Waals surface area contributed by atoms with Crippen molar-refractivity contribution in [1.29, 1.82) is 0 Å². The van der Waals surface area contributed by atoms with Crippen molar-refractivity contribution in [3.63, 3.8) is 0 Å². The molecule has 154 valence electrons. The van der Waals surface area contributed by atoms with E-state index in [-0.39, 0.29) is 11.7 Å². The molecule has 0 saturated heterocycles. The third-order valence-electron chi connectivity index (χ3n) is 4.23. The van der Waals surface area contributed by atoms with Gasteiger partial charge in [-0.15, -0.1) is 0 Å². The second-order valence-electron chi connectivity index (χ2n) is 6.48. The Morgan fingerprint density at radius 3 is 2.41 bits per heavy atom. The molecule has 0 unspecified atom stereocenters. The quantitative estimate of drug-likeness (QED) is 0.253. The van der Waals surface area contributed by atoms with Gasteiger partial charge in [-0.05, 0) is 60.7 Å². The molecule has 8 heteroatoms. The molecule has 2 rings (SSSR count). The number of phenolic OH excluding ortho intramolecular Hbond substituents is 1. The van der Waals surface area contributed by atoms with Crippen LogP contribution >= 0.6 is 15.9 Å². The molecule has 0 radical (unpaired) electrons. The highest BCUT2D eigenvalue weighted by Crippen LogP contribution is 2.31. The van der Waals surface area contributed by atoms with Gasteiger partial charge in [-0.25, -0.2) is 10.3 Å². The van der Waals surface area contributed by atoms with Gasteiger partial charge in [0.15, 0.2) is 0 Å². The first-order valence-electron chi connectivity index (χ1n) is 9.01. The summed E-state index contributed by atoms with van der Waals surface area (Å²) in [4.78, 5) is 23.5. The Balaban J connectivity index is 2.06. The SMILES string of the molecule is C[C@@H](CC/C=C/C(=O)NO)[C@H](OC(=O)Nc1ccc(Br)cc1)c1ccc(O)cc1. The zero-order chi connectivity index (χ0) is 21.2. The number of carbonyl (C=O) groups excluding carboxylic acids is 2. The fourth-order valence-electron chi connectivity index (χ4n) is 2.71. The molecule has 7 nitrogen and oxygen atoms in total. The minimum absolute atomic E-state index is 0.0722. The van der Waals surface area contributed by atoms with Crippen LogP contribution in [0.5, 0.6) is 5.75 Å². The van der Waals surface area contributed by atoms with E-state index in [1.165, 1.54) is 23.7 Å². The lowest BCUT2D eigenvalue weighted by atomic mass is 9.93. The number of carbonyl (C=O) groups is 2. The molecule has 0 fully saturated rings. The monoisotopic (exact) mass is 462 g/mol. The lowest BCUT2D eigenvalue weighted by Gasteiger charge is -2.24. The third-order valence-corrected chi connectivity index (χ3v) is 4.76. The molecule has 2 aromatic rings. The van der Waals surface area contributed by atoms with E-state index in [1.807, 2.05) is 19.1 Å². The summed E-state index contributed by atoms with van der Waals surface area (Å²) in [6.45, 7) is 1.93. The molecule has 2 aromatic carbocycles. The topological polar surface area (TPSA) is 108 Å². The van der Waals surface area contributed by atoms with Crippen molar-refractivity contribution in [3.05, 3.63) is 70.7 Å². The van der Waals surface area contributed by atoms with Crippen molar-refractivity contribution in [2.45, 2.75) is 25.9 Å². The van der Waals surface area contributed by atoms with Crippen molar-refractivity contribution < 1.29 is 24.6 Å². The number of hydrogen-bond donors (Lipinski definition) is 4. The van der Waals surface area contributed by atoms with E-state index in [0.29, 0.717) is 18.5 Å². The van der Waals surface area contributed by atoms with Crippen molar-refractivity contribution in [2.75, 3.05) is 5.32 Å². The van der Waals surface area contributed by atoms with Gasteiger partial charge in [0.2, 0.25) is 0 Å². The Morgan fingerprint density at radius 2 is 1.79 bits per heavy atom. The first-order chi connectivity index (χ1) is 13.9. The highest BCUT2D eigenvalue weighted by molar-refractivity contribution is 9.10. The molecule has 2 atom stereocenters.